The summed E-state index contributed by atoms with van der Waals surface area (Å²) in [6.45, 7) is 3.72. The molecule has 0 spiro atoms. The standard InChI is InChI=1S/C29H32F2N8OS2/c30-21-13-15(1-3-19(21)24-26(32)38-28(41-24)36-17-5-9-34-10-6-17)23(40)16-2-4-20(22(31)14-16)25-27(33)39-29(42-25)37-18-7-11-35-12-8-18/h1-4,13-14,17-18,34-35H,5-12,32-33H2,(H,36,38)(H,37,39). The van der Waals surface area contributed by atoms with Gasteiger partial charge in [-0.2, -0.15) is 0 Å². The fourth-order valence-electron chi connectivity index (χ4n) is 5.30. The second-order valence-corrected chi connectivity index (χ2v) is 12.5. The molecule has 0 aliphatic carbocycles. The number of carbonyl (C=O) groups is 1. The molecule has 4 aromatic rings. The van der Waals surface area contributed by atoms with Crippen molar-refractivity contribution in [2.75, 3.05) is 48.3 Å². The molecule has 0 bridgehead atoms. The van der Waals surface area contributed by atoms with E-state index >= 15 is 8.78 Å². The minimum atomic E-state index is -0.604. The number of halogens is 2. The van der Waals surface area contributed by atoms with Crippen LogP contribution in [0, 0.1) is 11.6 Å². The lowest BCUT2D eigenvalue weighted by Crippen LogP contribution is -2.35. The number of carbonyl (C=O) groups excluding carboxylic acids is 1. The second kappa shape index (κ2) is 12.3. The molecular weight excluding hydrogens is 579 g/mol. The molecule has 2 aliphatic rings. The molecule has 2 aromatic heterocycles. The highest BCUT2D eigenvalue weighted by Crippen LogP contribution is 2.39. The number of thiazole rings is 2. The number of nitrogens with zero attached hydrogens (tertiary/aromatic N) is 2. The van der Waals surface area contributed by atoms with Crippen LogP contribution >= 0.6 is 22.7 Å². The molecule has 13 heteroatoms. The van der Waals surface area contributed by atoms with E-state index in [9.17, 15) is 4.79 Å². The van der Waals surface area contributed by atoms with Crippen molar-refractivity contribution >= 4 is 50.4 Å². The number of anilines is 4. The van der Waals surface area contributed by atoms with Gasteiger partial charge in [0.2, 0.25) is 0 Å². The van der Waals surface area contributed by atoms with Crippen molar-refractivity contribution in [1.29, 1.82) is 0 Å². The van der Waals surface area contributed by atoms with Crippen LogP contribution in [0.25, 0.3) is 20.9 Å². The first kappa shape index (κ1) is 28.5. The maximum Gasteiger partial charge on any atom is 0.193 e. The molecule has 42 heavy (non-hydrogen) atoms. The Morgan fingerprint density at radius 2 is 1.14 bits per heavy atom. The first-order valence-corrected chi connectivity index (χ1v) is 15.6. The van der Waals surface area contributed by atoms with Gasteiger partial charge in [-0.3, -0.25) is 4.79 Å². The van der Waals surface area contributed by atoms with Gasteiger partial charge in [0, 0.05) is 34.3 Å². The summed E-state index contributed by atoms with van der Waals surface area (Å²) < 4.78 is 30.6. The van der Waals surface area contributed by atoms with Crippen molar-refractivity contribution in [2.24, 2.45) is 0 Å². The van der Waals surface area contributed by atoms with Gasteiger partial charge in [-0.05, 0) is 76.1 Å². The van der Waals surface area contributed by atoms with Crippen molar-refractivity contribution in [2.45, 2.75) is 37.8 Å². The molecule has 8 N–H and O–H groups in total. The number of benzene rings is 2. The van der Waals surface area contributed by atoms with Crippen LogP contribution < -0.4 is 32.7 Å². The number of aromatic nitrogens is 2. The van der Waals surface area contributed by atoms with Crippen LogP contribution in [0.2, 0.25) is 0 Å². The lowest BCUT2D eigenvalue weighted by Gasteiger charge is -2.23. The van der Waals surface area contributed by atoms with E-state index in [1.807, 2.05) is 0 Å². The lowest BCUT2D eigenvalue weighted by atomic mass is 9.99. The molecule has 9 nitrogen and oxygen atoms in total. The number of piperidine rings is 2. The van der Waals surface area contributed by atoms with Crippen LogP contribution in [0.5, 0.6) is 0 Å². The van der Waals surface area contributed by atoms with E-state index in [0.29, 0.717) is 20.0 Å². The Morgan fingerprint density at radius 3 is 1.52 bits per heavy atom. The molecule has 2 aliphatic heterocycles. The average molecular weight is 611 g/mol. The smallest absolute Gasteiger partial charge is 0.193 e. The van der Waals surface area contributed by atoms with Crippen LogP contribution in [-0.2, 0) is 0 Å². The van der Waals surface area contributed by atoms with Gasteiger partial charge >= 0.3 is 0 Å². The molecule has 0 radical (unpaired) electrons. The lowest BCUT2D eigenvalue weighted by molar-refractivity contribution is 0.103. The Bertz CT molecular complexity index is 1480. The Balaban J connectivity index is 1.17. The molecule has 0 unspecified atom stereocenters. The van der Waals surface area contributed by atoms with Crippen LogP contribution in [0.1, 0.15) is 41.6 Å². The van der Waals surface area contributed by atoms with Crippen LogP contribution in [0.4, 0.5) is 30.7 Å². The van der Waals surface area contributed by atoms with E-state index < -0.39 is 17.4 Å². The highest BCUT2D eigenvalue weighted by Gasteiger charge is 2.22. The zero-order valence-corrected chi connectivity index (χ0v) is 24.4. The van der Waals surface area contributed by atoms with Gasteiger partial charge in [0.1, 0.15) is 23.3 Å². The summed E-state index contributed by atoms with van der Waals surface area (Å²) in [6, 6.07) is 8.95. The maximum atomic E-state index is 15.3. The number of ketones is 1. The first-order valence-electron chi connectivity index (χ1n) is 14.0. The summed E-state index contributed by atoms with van der Waals surface area (Å²) in [6.07, 6.45) is 3.87. The van der Waals surface area contributed by atoms with Crippen LogP contribution in [0.3, 0.4) is 0 Å². The van der Waals surface area contributed by atoms with E-state index in [0.717, 1.165) is 64.0 Å². The van der Waals surface area contributed by atoms with Gasteiger partial charge in [-0.25, -0.2) is 18.7 Å². The largest absolute Gasteiger partial charge is 0.382 e. The van der Waals surface area contributed by atoms with E-state index in [1.165, 1.54) is 46.9 Å². The molecule has 220 valence electrons. The fraction of sp³-hybridized carbons (Fsp3) is 0.345. The summed E-state index contributed by atoms with van der Waals surface area (Å²) in [5.41, 5.74) is 13.0. The summed E-state index contributed by atoms with van der Waals surface area (Å²) in [5, 5.41) is 14.7. The molecule has 2 fully saturated rings. The Labute approximate surface area is 250 Å². The van der Waals surface area contributed by atoms with Gasteiger partial charge in [0.05, 0.1) is 9.75 Å². The zero-order chi connectivity index (χ0) is 29.2. The Morgan fingerprint density at radius 1 is 0.738 bits per heavy atom. The predicted molar refractivity (Wildman–Crippen MR) is 166 cm³/mol. The van der Waals surface area contributed by atoms with Crippen molar-refractivity contribution in [3.8, 4) is 20.9 Å². The summed E-state index contributed by atoms with van der Waals surface area (Å²) in [7, 11) is 0. The van der Waals surface area contributed by atoms with Gasteiger partial charge in [0.25, 0.3) is 0 Å². The number of hydrogen-bond acceptors (Lipinski definition) is 11. The Hall–Kier alpha value is -3.65. The summed E-state index contributed by atoms with van der Waals surface area (Å²) in [5.74, 6) is -1.25. The topological polar surface area (TPSA) is 143 Å². The van der Waals surface area contributed by atoms with Crippen LogP contribution in [-0.4, -0.2) is 54.0 Å². The van der Waals surface area contributed by atoms with Crippen molar-refractivity contribution in [3.05, 3.63) is 59.2 Å². The SMILES string of the molecule is Nc1nc(NC2CCNCC2)sc1-c1ccc(C(=O)c2ccc(-c3sc(NC4CCNCC4)nc3N)c(F)c2)cc1F. The number of nitrogens with one attached hydrogen (secondary N) is 4. The number of hydrogen-bond donors (Lipinski definition) is 6. The molecule has 6 rings (SSSR count). The van der Waals surface area contributed by atoms with Crippen LogP contribution in [0.15, 0.2) is 36.4 Å². The summed E-state index contributed by atoms with van der Waals surface area (Å²) in [4.78, 5) is 22.9. The molecule has 2 saturated heterocycles. The number of nitrogens with two attached hydrogens (primary N) is 2. The fourth-order valence-corrected chi connectivity index (χ4v) is 7.28. The minimum absolute atomic E-state index is 0.102. The molecule has 0 atom stereocenters. The monoisotopic (exact) mass is 610 g/mol. The van der Waals surface area contributed by atoms with Gasteiger partial charge in [-0.15, -0.1) is 0 Å². The third-order valence-electron chi connectivity index (χ3n) is 7.59. The van der Waals surface area contributed by atoms with Crippen molar-refractivity contribution in [1.82, 2.24) is 20.6 Å². The minimum Gasteiger partial charge on any atom is -0.382 e. The quantitative estimate of drug-likeness (QED) is 0.153. The third-order valence-corrected chi connectivity index (χ3v) is 9.66. The maximum absolute atomic E-state index is 15.3. The van der Waals surface area contributed by atoms with E-state index in [-0.39, 0.29) is 46.0 Å². The highest BCUT2D eigenvalue weighted by atomic mass is 32.1. The predicted octanol–water partition coefficient (Wildman–Crippen LogP) is 4.94. The van der Waals surface area contributed by atoms with Gasteiger partial charge in [0.15, 0.2) is 16.0 Å². The highest BCUT2D eigenvalue weighted by molar-refractivity contribution is 7.19. The molecule has 4 heterocycles. The van der Waals surface area contributed by atoms with Gasteiger partial charge < -0.3 is 32.7 Å². The van der Waals surface area contributed by atoms with E-state index in [4.69, 9.17) is 11.5 Å². The third kappa shape index (κ3) is 6.09. The zero-order valence-electron chi connectivity index (χ0n) is 22.8. The summed E-state index contributed by atoms with van der Waals surface area (Å²) >= 11 is 2.56. The molecule has 0 amide bonds. The molecular formula is C29H32F2N8OS2. The molecule has 2 aromatic carbocycles. The van der Waals surface area contributed by atoms with Gasteiger partial charge in [-0.1, -0.05) is 34.8 Å². The molecule has 0 saturated carbocycles. The van der Waals surface area contributed by atoms with Crippen molar-refractivity contribution in [3.63, 3.8) is 0 Å². The van der Waals surface area contributed by atoms with E-state index in [1.54, 1.807) is 0 Å². The Kier molecular flexibility index (Phi) is 8.34. The normalized spacial score (nSPS) is 16.4. The first-order chi connectivity index (χ1) is 20.4. The van der Waals surface area contributed by atoms with E-state index in [2.05, 4.69) is 31.2 Å². The second-order valence-electron chi connectivity index (χ2n) is 10.5. The average Bonchev–Trinajstić information content (AvgIpc) is 3.54. The van der Waals surface area contributed by atoms with Crippen molar-refractivity contribution < 1.29 is 13.6 Å². The number of nitrogen functional groups attached to an aromatic ring is 2. The number of rotatable bonds is 8.